The minimum atomic E-state index is -0.0169. The zero-order valence-corrected chi connectivity index (χ0v) is 14.2. The van der Waals surface area contributed by atoms with Crippen LogP contribution in [0.25, 0.3) is 10.9 Å². The van der Waals surface area contributed by atoms with Gasteiger partial charge in [0.25, 0.3) is 5.91 Å². The van der Waals surface area contributed by atoms with Crippen molar-refractivity contribution in [2.24, 2.45) is 5.92 Å². The number of aryl methyl sites for hydroxylation is 1. The maximum absolute atomic E-state index is 12.6. The molecule has 1 amide bonds. The first kappa shape index (κ1) is 15.9. The van der Waals surface area contributed by atoms with Gasteiger partial charge >= 0.3 is 0 Å². The van der Waals surface area contributed by atoms with Gasteiger partial charge in [-0.2, -0.15) is 0 Å². The lowest BCUT2D eigenvalue weighted by Crippen LogP contribution is -2.33. The maximum atomic E-state index is 12.6. The molecule has 1 aromatic heterocycles. The average molecular weight is 311 g/mol. The van der Waals surface area contributed by atoms with Crippen molar-refractivity contribution >= 4 is 16.8 Å². The highest BCUT2D eigenvalue weighted by Crippen LogP contribution is 2.19. The van der Waals surface area contributed by atoms with E-state index in [0.29, 0.717) is 17.5 Å². The van der Waals surface area contributed by atoms with Crippen molar-refractivity contribution in [3.8, 4) is 0 Å². The first-order chi connectivity index (χ1) is 11.0. The van der Waals surface area contributed by atoms with Crippen molar-refractivity contribution in [1.29, 1.82) is 0 Å². The summed E-state index contributed by atoms with van der Waals surface area (Å²) in [6.07, 6.45) is 1.16. The van der Waals surface area contributed by atoms with Gasteiger partial charge in [-0.1, -0.05) is 18.2 Å². The molecule has 1 atom stereocenters. The van der Waals surface area contributed by atoms with Gasteiger partial charge in [0, 0.05) is 30.2 Å². The predicted molar refractivity (Wildman–Crippen MR) is 93.6 cm³/mol. The largest absolute Gasteiger partial charge is 0.352 e. The SMILES string of the molecule is Cc1ccc2cccc(C(=O)NC[C@H]3CCN(C(C)C)C3)c2n1. The Hall–Kier alpha value is -1.94. The molecule has 1 N–H and O–H groups in total. The van der Waals surface area contributed by atoms with Crippen LogP contribution in [0.15, 0.2) is 30.3 Å². The third-order valence-electron chi connectivity index (χ3n) is 4.70. The van der Waals surface area contributed by atoms with Crippen molar-refractivity contribution < 1.29 is 4.79 Å². The fourth-order valence-corrected chi connectivity index (χ4v) is 3.26. The van der Waals surface area contributed by atoms with E-state index in [9.17, 15) is 4.79 Å². The molecule has 3 rings (SSSR count). The van der Waals surface area contributed by atoms with Gasteiger partial charge in [-0.3, -0.25) is 9.78 Å². The summed E-state index contributed by atoms with van der Waals surface area (Å²) in [5.74, 6) is 0.530. The molecule has 0 saturated carbocycles. The van der Waals surface area contributed by atoms with E-state index in [0.717, 1.165) is 42.7 Å². The van der Waals surface area contributed by atoms with Gasteiger partial charge in [0.15, 0.2) is 0 Å². The van der Waals surface area contributed by atoms with Crippen molar-refractivity contribution in [2.45, 2.75) is 33.2 Å². The second kappa shape index (κ2) is 6.67. The molecular weight excluding hydrogens is 286 g/mol. The summed E-state index contributed by atoms with van der Waals surface area (Å²) in [6, 6.07) is 10.4. The molecule has 0 unspecified atom stereocenters. The average Bonchev–Trinajstić information content (AvgIpc) is 3.01. The first-order valence-corrected chi connectivity index (χ1v) is 8.43. The Bertz CT molecular complexity index is 711. The fraction of sp³-hybridized carbons (Fsp3) is 0.474. The molecule has 23 heavy (non-hydrogen) atoms. The van der Waals surface area contributed by atoms with Gasteiger partial charge in [-0.25, -0.2) is 0 Å². The maximum Gasteiger partial charge on any atom is 0.253 e. The molecule has 0 aliphatic carbocycles. The molecular formula is C19H25N3O. The van der Waals surface area contributed by atoms with E-state index in [-0.39, 0.29) is 5.91 Å². The lowest BCUT2D eigenvalue weighted by Gasteiger charge is -2.20. The number of para-hydroxylation sites is 1. The molecule has 1 fully saturated rings. The number of hydrogen-bond acceptors (Lipinski definition) is 3. The van der Waals surface area contributed by atoms with Crippen molar-refractivity contribution in [3.05, 3.63) is 41.6 Å². The number of nitrogens with zero attached hydrogens (tertiary/aromatic N) is 2. The molecule has 1 aliphatic rings. The number of pyridine rings is 1. The zero-order valence-electron chi connectivity index (χ0n) is 14.2. The molecule has 0 bridgehead atoms. The van der Waals surface area contributed by atoms with Gasteiger partial charge in [-0.05, 0) is 51.8 Å². The van der Waals surface area contributed by atoms with Crippen LogP contribution in [-0.4, -0.2) is 41.5 Å². The van der Waals surface area contributed by atoms with Crippen LogP contribution in [0.5, 0.6) is 0 Å². The Morgan fingerprint density at radius 3 is 2.91 bits per heavy atom. The first-order valence-electron chi connectivity index (χ1n) is 8.43. The summed E-state index contributed by atoms with van der Waals surface area (Å²) in [4.78, 5) is 19.6. The lowest BCUT2D eigenvalue weighted by atomic mass is 10.1. The smallest absolute Gasteiger partial charge is 0.253 e. The molecule has 1 aliphatic heterocycles. The number of rotatable bonds is 4. The van der Waals surface area contributed by atoms with E-state index < -0.39 is 0 Å². The van der Waals surface area contributed by atoms with Crippen LogP contribution in [0.4, 0.5) is 0 Å². The third kappa shape index (κ3) is 3.53. The number of aromatic nitrogens is 1. The highest BCUT2D eigenvalue weighted by Gasteiger charge is 2.24. The molecule has 122 valence electrons. The van der Waals surface area contributed by atoms with E-state index in [1.54, 1.807) is 0 Å². The number of hydrogen-bond donors (Lipinski definition) is 1. The van der Waals surface area contributed by atoms with Gasteiger partial charge in [0.05, 0.1) is 11.1 Å². The zero-order chi connectivity index (χ0) is 16.4. The quantitative estimate of drug-likeness (QED) is 0.944. The molecule has 1 aromatic carbocycles. The van der Waals surface area contributed by atoms with Gasteiger partial charge < -0.3 is 10.2 Å². The minimum Gasteiger partial charge on any atom is -0.352 e. The molecule has 4 heteroatoms. The summed E-state index contributed by atoms with van der Waals surface area (Å²) < 4.78 is 0. The van der Waals surface area contributed by atoms with E-state index >= 15 is 0 Å². The summed E-state index contributed by atoms with van der Waals surface area (Å²) in [7, 11) is 0. The van der Waals surface area contributed by atoms with Crippen LogP contribution in [0.2, 0.25) is 0 Å². The number of benzene rings is 1. The second-order valence-corrected chi connectivity index (χ2v) is 6.78. The fourth-order valence-electron chi connectivity index (χ4n) is 3.26. The molecule has 0 spiro atoms. The van der Waals surface area contributed by atoms with E-state index in [1.807, 2.05) is 37.3 Å². The summed E-state index contributed by atoms with van der Waals surface area (Å²) >= 11 is 0. The van der Waals surface area contributed by atoms with Crippen LogP contribution in [0, 0.1) is 12.8 Å². The van der Waals surface area contributed by atoms with Crippen molar-refractivity contribution in [1.82, 2.24) is 15.2 Å². The van der Waals surface area contributed by atoms with Crippen molar-refractivity contribution in [2.75, 3.05) is 19.6 Å². The number of carbonyl (C=O) groups is 1. The van der Waals surface area contributed by atoms with Crippen LogP contribution in [0.3, 0.4) is 0 Å². The van der Waals surface area contributed by atoms with Crippen LogP contribution >= 0.6 is 0 Å². The monoisotopic (exact) mass is 311 g/mol. The Balaban J connectivity index is 1.68. The standard InChI is InChI=1S/C19H25N3O/c1-13(2)22-10-9-15(12-22)11-20-19(23)17-6-4-5-16-8-7-14(3)21-18(16)17/h4-8,13,15H,9-12H2,1-3H3,(H,20,23)/t15-/m1/s1. The van der Waals surface area contributed by atoms with E-state index in [4.69, 9.17) is 0 Å². The molecule has 2 heterocycles. The number of amides is 1. The summed E-state index contributed by atoms with van der Waals surface area (Å²) in [5, 5.41) is 4.12. The van der Waals surface area contributed by atoms with Crippen LogP contribution in [0.1, 0.15) is 36.3 Å². The number of carbonyl (C=O) groups excluding carboxylic acids is 1. The summed E-state index contributed by atoms with van der Waals surface area (Å²) in [6.45, 7) is 9.35. The van der Waals surface area contributed by atoms with Gasteiger partial charge in [0.2, 0.25) is 0 Å². The number of fused-ring (bicyclic) bond motifs is 1. The van der Waals surface area contributed by atoms with Gasteiger partial charge in [-0.15, -0.1) is 0 Å². The number of likely N-dealkylation sites (tertiary alicyclic amines) is 1. The highest BCUT2D eigenvalue weighted by molar-refractivity contribution is 6.05. The Morgan fingerprint density at radius 1 is 1.35 bits per heavy atom. The third-order valence-corrected chi connectivity index (χ3v) is 4.70. The second-order valence-electron chi connectivity index (χ2n) is 6.78. The topological polar surface area (TPSA) is 45.2 Å². The Labute approximate surface area is 137 Å². The van der Waals surface area contributed by atoms with Crippen molar-refractivity contribution in [3.63, 3.8) is 0 Å². The Kier molecular flexibility index (Phi) is 4.62. The van der Waals surface area contributed by atoms with E-state index in [1.165, 1.54) is 0 Å². The van der Waals surface area contributed by atoms with Gasteiger partial charge in [0.1, 0.15) is 0 Å². The van der Waals surface area contributed by atoms with Crippen LogP contribution in [-0.2, 0) is 0 Å². The van der Waals surface area contributed by atoms with Crippen LogP contribution < -0.4 is 5.32 Å². The molecule has 1 saturated heterocycles. The number of nitrogens with one attached hydrogen (secondary N) is 1. The minimum absolute atomic E-state index is 0.0169. The predicted octanol–water partition coefficient (Wildman–Crippen LogP) is 3.00. The Morgan fingerprint density at radius 2 is 2.17 bits per heavy atom. The molecule has 0 radical (unpaired) electrons. The molecule has 4 nitrogen and oxygen atoms in total. The normalized spacial score (nSPS) is 18.7. The lowest BCUT2D eigenvalue weighted by molar-refractivity contribution is 0.0948. The highest BCUT2D eigenvalue weighted by atomic mass is 16.1. The molecule has 2 aromatic rings. The summed E-state index contributed by atoms with van der Waals surface area (Å²) in [5.41, 5.74) is 2.39. The van der Waals surface area contributed by atoms with E-state index in [2.05, 4.69) is 29.0 Å².